The largest absolute Gasteiger partial charge is 0.504 e. The molecule has 0 aliphatic carbocycles. The first kappa shape index (κ1) is 13.9. The molecule has 5 nitrogen and oxygen atoms in total. The number of phenols is 2. The van der Waals surface area contributed by atoms with Crippen LogP contribution in [0.2, 0.25) is 5.02 Å². The van der Waals surface area contributed by atoms with Gasteiger partial charge in [-0.2, -0.15) is 4.98 Å². The molecule has 0 saturated carbocycles. The van der Waals surface area contributed by atoms with Crippen molar-refractivity contribution < 1.29 is 14.7 Å². The Balaban J connectivity index is 1.99. The van der Waals surface area contributed by atoms with Crippen LogP contribution in [0.5, 0.6) is 11.5 Å². The average Bonchev–Trinajstić information content (AvgIpc) is 2.94. The summed E-state index contributed by atoms with van der Waals surface area (Å²) in [7, 11) is 0. The van der Waals surface area contributed by atoms with Crippen molar-refractivity contribution >= 4 is 27.5 Å². The molecule has 21 heavy (non-hydrogen) atoms. The number of benzene rings is 2. The first-order chi connectivity index (χ1) is 10.0. The normalized spacial score (nSPS) is 10.8. The third-order valence-corrected chi connectivity index (χ3v) is 4.04. The van der Waals surface area contributed by atoms with Crippen LogP contribution >= 0.6 is 27.5 Å². The SMILES string of the molecule is Oc1ccc(-c2nc(-c3ccc(Cl)c(Br)c3)no2)cc1O. The molecule has 0 bridgehead atoms. The molecular formula is C14H8BrClN2O3. The Labute approximate surface area is 132 Å². The van der Waals surface area contributed by atoms with E-state index in [1.165, 1.54) is 12.1 Å². The first-order valence-electron chi connectivity index (χ1n) is 5.86. The fourth-order valence-electron chi connectivity index (χ4n) is 1.75. The molecule has 0 radical (unpaired) electrons. The molecule has 2 N–H and O–H groups in total. The molecule has 0 aliphatic rings. The highest BCUT2D eigenvalue weighted by Crippen LogP contribution is 2.32. The van der Waals surface area contributed by atoms with Gasteiger partial charge in [-0.1, -0.05) is 16.8 Å². The summed E-state index contributed by atoms with van der Waals surface area (Å²) in [5, 5.41) is 23.3. The Kier molecular flexibility index (Phi) is 3.57. The van der Waals surface area contributed by atoms with Gasteiger partial charge in [0.05, 0.1) is 5.02 Å². The van der Waals surface area contributed by atoms with Crippen molar-refractivity contribution in [2.24, 2.45) is 0 Å². The summed E-state index contributed by atoms with van der Waals surface area (Å²) < 4.78 is 5.90. The van der Waals surface area contributed by atoms with Crippen molar-refractivity contribution in [1.29, 1.82) is 0 Å². The van der Waals surface area contributed by atoms with E-state index in [2.05, 4.69) is 26.1 Å². The topological polar surface area (TPSA) is 79.4 Å². The molecule has 3 rings (SSSR count). The Morgan fingerprint density at radius 2 is 1.76 bits per heavy atom. The van der Waals surface area contributed by atoms with E-state index in [0.29, 0.717) is 16.4 Å². The molecule has 2 aromatic carbocycles. The number of hydrogen-bond donors (Lipinski definition) is 2. The lowest BCUT2D eigenvalue weighted by atomic mass is 10.2. The molecular weight excluding hydrogens is 360 g/mol. The third kappa shape index (κ3) is 2.72. The highest BCUT2D eigenvalue weighted by molar-refractivity contribution is 9.10. The minimum Gasteiger partial charge on any atom is -0.504 e. The molecule has 0 unspecified atom stereocenters. The monoisotopic (exact) mass is 366 g/mol. The highest BCUT2D eigenvalue weighted by atomic mass is 79.9. The van der Waals surface area contributed by atoms with Gasteiger partial charge in [-0.15, -0.1) is 0 Å². The minimum atomic E-state index is -0.249. The summed E-state index contributed by atoms with van der Waals surface area (Å²) in [6, 6.07) is 9.56. The van der Waals surface area contributed by atoms with E-state index in [1.807, 2.05) is 0 Å². The zero-order chi connectivity index (χ0) is 15.0. The molecule has 0 amide bonds. The first-order valence-corrected chi connectivity index (χ1v) is 7.03. The van der Waals surface area contributed by atoms with Crippen LogP contribution in [0.4, 0.5) is 0 Å². The van der Waals surface area contributed by atoms with Gasteiger partial charge in [-0.05, 0) is 52.3 Å². The van der Waals surface area contributed by atoms with Gasteiger partial charge in [0.1, 0.15) is 0 Å². The zero-order valence-electron chi connectivity index (χ0n) is 10.4. The molecule has 3 aromatic rings. The van der Waals surface area contributed by atoms with Gasteiger partial charge in [0.25, 0.3) is 5.89 Å². The third-order valence-electron chi connectivity index (χ3n) is 2.83. The number of phenolic OH excluding ortho intramolecular Hbond substituents is 2. The fraction of sp³-hybridized carbons (Fsp3) is 0. The van der Waals surface area contributed by atoms with Crippen molar-refractivity contribution in [3.05, 3.63) is 45.9 Å². The van der Waals surface area contributed by atoms with E-state index in [-0.39, 0.29) is 17.4 Å². The van der Waals surface area contributed by atoms with Gasteiger partial charge in [-0.25, -0.2) is 0 Å². The van der Waals surface area contributed by atoms with Gasteiger partial charge >= 0.3 is 0 Å². The molecule has 0 aliphatic heterocycles. The predicted octanol–water partition coefficient (Wildman–Crippen LogP) is 4.23. The summed E-state index contributed by atoms with van der Waals surface area (Å²) in [5.41, 5.74) is 1.25. The average molecular weight is 368 g/mol. The van der Waals surface area contributed by atoms with E-state index in [1.54, 1.807) is 24.3 Å². The molecule has 1 heterocycles. The second-order valence-electron chi connectivity index (χ2n) is 4.26. The lowest BCUT2D eigenvalue weighted by molar-refractivity contribution is 0.402. The van der Waals surface area contributed by atoms with Crippen LogP contribution < -0.4 is 0 Å². The highest BCUT2D eigenvalue weighted by Gasteiger charge is 2.13. The van der Waals surface area contributed by atoms with Gasteiger partial charge in [-0.3, -0.25) is 0 Å². The number of halogens is 2. The summed E-state index contributed by atoms with van der Waals surface area (Å²) in [6.07, 6.45) is 0. The summed E-state index contributed by atoms with van der Waals surface area (Å²) in [4.78, 5) is 4.26. The van der Waals surface area contributed by atoms with Crippen molar-refractivity contribution in [3.63, 3.8) is 0 Å². The molecule has 0 spiro atoms. The summed E-state index contributed by atoms with van der Waals surface area (Å²) >= 11 is 9.27. The predicted molar refractivity (Wildman–Crippen MR) is 81.2 cm³/mol. The van der Waals surface area contributed by atoms with E-state index < -0.39 is 0 Å². The van der Waals surface area contributed by atoms with Crippen molar-refractivity contribution in [3.8, 4) is 34.3 Å². The summed E-state index contributed by atoms with van der Waals surface area (Å²) in [6.45, 7) is 0. The number of aromatic nitrogens is 2. The molecule has 1 aromatic heterocycles. The Morgan fingerprint density at radius 1 is 1.00 bits per heavy atom. The maximum atomic E-state index is 9.49. The van der Waals surface area contributed by atoms with Crippen molar-refractivity contribution in [1.82, 2.24) is 10.1 Å². The van der Waals surface area contributed by atoms with Gasteiger partial charge in [0.15, 0.2) is 11.5 Å². The molecule has 0 atom stereocenters. The lowest BCUT2D eigenvalue weighted by Crippen LogP contribution is -1.82. The molecule has 106 valence electrons. The standard InChI is InChI=1S/C14H8BrClN2O3/c15-9-5-7(1-3-10(9)16)13-17-14(21-18-13)8-2-4-11(19)12(20)6-8/h1-6,19-20H. The van der Waals surface area contributed by atoms with Crippen LogP contribution in [0.1, 0.15) is 0 Å². The van der Waals surface area contributed by atoms with Crippen molar-refractivity contribution in [2.45, 2.75) is 0 Å². The Morgan fingerprint density at radius 3 is 2.48 bits per heavy atom. The Bertz CT molecular complexity index is 754. The van der Waals surface area contributed by atoms with Crippen molar-refractivity contribution in [2.75, 3.05) is 0 Å². The molecule has 0 fully saturated rings. The summed E-state index contributed by atoms with van der Waals surface area (Å²) in [5.74, 6) is 0.183. The van der Waals surface area contributed by atoms with Gasteiger partial charge in [0, 0.05) is 15.6 Å². The fourth-order valence-corrected chi connectivity index (χ4v) is 2.25. The molecule has 0 saturated heterocycles. The van der Waals surface area contributed by atoms with Crippen LogP contribution in [0.15, 0.2) is 45.4 Å². The maximum Gasteiger partial charge on any atom is 0.258 e. The smallest absolute Gasteiger partial charge is 0.258 e. The number of rotatable bonds is 2. The second kappa shape index (κ2) is 5.38. The maximum absolute atomic E-state index is 9.49. The molecule has 7 heteroatoms. The van der Waals surface area contributed by atoms with Crippen LogP contribution in [-0.4, -0.2) is 20.4 Å². The quantitative estimate of drug-likeness (QED) is 0.663. The number of nitrogens with zero attached hydrogens (tertiary/aromatic N) is 2. The van der Waals surface area contributed by atoms with E-state index >= 15 is 0 Å². The van der Waals surface area contributed by atoms with Crippen LogP contribution in [0, 0.1) is 0 Å². The van der Waals surface area contributed by atoms with Crippen LogP contribution in [0.25, 0.3) is 22.8 Å². The zero-order valence-corrected chi connectivity index (χ0v) is 12.8. The van der Waals surface area contributed by atoms with Gasteiger partial charge < -0.3 is 14.7 Å². The van der Waals surface area contributed by atoms with Crippen LogP contribution in [-0.2, 0) is 0 Å². The van der Waals surface area contributed by atoms with E-state index in [0.717, 1.165) is 10.0 Å². The minimum absolute atomic E-state index is 0.208. The Hall–Kier alpha value is -2.05. The lowest BCUT2D eigenvalue weighted by Gasteiger charge is -1.99. The second-order valence-corrected chi connectivity index (χ2v) is 5.52. The number of aromatic hydroxyl groups is 2. The number of hydrogen-bond acceptors (Lipinski definition) is 5. The van der Waals surface area contributed by atoms with E-state index in [4.69, 9.17) is 16.1 Å². The van der Waals surface area contributed by atoms with E-state index in [9.17, 15) is 10.2 Å². The van der Waals surface area contributed by atoms with Crippen LogP contribution in [0.3, 0.4) is 0 Å². The van der Waals surface area contributed by atoms with Gasteiger partial charge in [0.2, 0.25) is 5.82 Å².